The predicted molar refractivity (Wildman–Crippen MR) is 119 cm³/mol. The number of benzene rings is 2. The molecule has 5 nitrogen and oxygen atoms in total. The Hall–Kier alpha value is -2.79. The van der Waals surface area contributed by atoms with Crippen LogP contribution in [-0.2, 0) is 10.2 Å². The summed E-state index contributed by atoms with van der Waals surface area (Å²) >= 11 is 0. The Morgan fingerprint density at radius 1 is 1.13 bits per heavy atom. The summed E-state index contributed by atoms with van der Waals surface area (Å²) in [6, 6.07) is 16.6. The van der Waals surface area contributed by atoms with Crippen molar-refractivity contribution in [2.45, 2.75) is 38.1 Å². The van der Waals surface area contributed by atoms with Crippen LogP contribution >= 0.6 is 0 Å². The van der Waals surface area contributed by atoms with Gasteiger partial charge in [-0.15, -0.1) is 0 Å². The molecule has 4 rings (SSSR count). The second kappa shape index (κ2) is 8.52. The van der Waals surface area contributed by atoms with Crippen LogP contribution in [-0.4, -0.2) is 37.3 Å². The molecule has 2 heterocycles. The molecular formula is C25H30N2O3. The number of methoxy groups -OCH3 is 1. The van der Waals surface area contributed by atoms with E-state index >= 15 is 0 Å². The Labute approximate surface area is 178 Å². The van der Waals surface area contributed by atoms with Crippen molar-refractivity contribution in [1.82, 2.24) is 9.88 Å². The van der Waals surface area contributed by atoms with Gasteiger partial charge in [-0.1, -0.05) is 30.3 Å². The van der Waals surface area contributed by atoms with Crippen molar-refractivity contribution in [3.8, 4) is 5.75 Å². The maximum atomic E-state index is 13.2. The summed E-state index contributed by atoms with van der Waals surface area (Å²) < 4.78 is 13.1. The third kappa shape index (κ3) is 3.82. The lowest BCUT2D eigenvalue weighted by atomic mass is 9.74. The number of hydrogen-bond acceptors (Lipinski definition) is 3. The molecular weight excluding hydrogens is 376 g/mol. The Kier molecular flexibility index (Phi) is 5.82. The van der Waals surface area contributed by atoms with Crippen LogP contribution in [0.1, 0.15) is 48.7 Å². The maximum absolute atomic E-state index is 13.2. The molecule has 0 bridgehead atoms. The molecule has 0 unspecified atom stereocenters. The van der Waals surface area contributed by atoms with Crippen LogP contribution in [0.3, 0.4) is 0 Å². The number of ether oxygens (including phenoxy) is 2. The number of nitrogens with zero attached hydrogens (tertiary/aromatic N) is 1. The minimum atomic E-state index is -0.128. The van der Waals surface area contributed by atoms with Gasteiger partial charge < -0.3 is 19.4 Å². The lowest BCUT2D eigenvalue weighted by molar-refractivity contribution is 0.0487. The predicted octanol–water partition coefficient (Wildman–Crippen LogP) is 4.71. The normalized spacial score (nSPS) is 16.0. The number of carbonyl (C=O) groups is 1. The SMILES string of the molecule is COc1ccc(C2(CNC(=O)c3cn(C(C)C)c4ccccc34)CCOCC2)cc1. The number of para-hydroxylation sites is 1. The van der Waals surface area contributed by atoms with E-state index in [0.29, 0.717) is 19.8 Å². The summed E-state index contributed by atoms with van der Waals surface area (Å²) in [6.45, 7) is 6.26. The molecule has 158 valence electrons. The fourth-order valence-corrected chi connectivity index (χ4v) is 4.43. The highest BCUT2D eigenvalue weighted by atomic mass is 16.5. The van der Waals surface area contributed by atoms with E-state index in [9.17, 15) is 4.79 Å². The third-order valence-electron chi connectivity index (χ3n) is 6.28. The van der Waals surface area contributed by atoms with Gasteiger partial charge in [0.1, 0.15) is 5.75 Å². The zero-order valence-electron chi connectivity index (χ0n) is 18.0. The summed E-state index contributed by atoms with van der Waals surface area (Å²) in [5.74, 6) is 0.816. The smallest absolute Gasteiger partial charge is 0.253 e. The molecule has 1 aliphatic rings. The van der Waals surface area contributed by atoms with Crippen molar-refractivity contribution in [1.29, 1.82) is 0 Å². The maximum Gasteiger partial charge on any atom is 0.253 e. The van der Waals surface area contributed by atoms with E-state index in [1.54, 1.807) is 7.11 Å². The first-order chi connectivity index (χ1) is 14.5. The van der Waals surface area contributed by atoms with Crippen molar-refractivity contribution in [2.24, 2.45) is 0 Å². The van der Waals surface area contributed by atoms with Crippen LogP contribution in [0.4, 0.5) is 0 Å². The highest BCUT2D eigenvalue weighted by molar-refractivity contribution is 6.07. The van der Waals surface area contributed by atoms with E-state index in [-0.39, 0.29) is 17.4 Å². The molecule has 1 saturated heterocycles. The van der Waals surface area contributed by atoms with Gasteiger partial charge in [0.25, 0.3) is 5.91 Å². The van der Waals surface area contributed by atoms with Gasteiger partial charge in [0, 0.05) is 48.3 Å². The van der Waals surface area contributed by atoms with Gasteiger partial charge in [0.05, 0.1) is 12.7 Å². The number of aromatic nitrogens is 1. The molecule has 1 aliphatic heterocycles. The molecule has 0 saturated carbocycles. The largest absolute Gasteiger partial charge is 0.497 e. The Morgan fingerprint density at radius 2 is 1.83 bits per heavy atom. The standard InChI is InChI=1S/C25H30N2O3/c1-18(2)27-16-22(21-6-4-5-7-23(21)27)24(28)26-17-25(12-14-30-15-13-25)19-8-10-20(29-3)11-9-19/h4-11,16,18H,12-15,17H2,1-3H3,(H,26,28). The van der Waals surface area contributed by atoms with E-state index < -0.39 is 0 Å². The van der Waals surface area contributed by atoms with Crippen LogP contribution in [0, 0.1) is 0 Å². The molecule has 1 fully saturated rings. The third-order valence-corrected chi connectivity index (χ3v) is 6.28. The van der Waals surface area contributed by atoms with E-state index in [4.69, 9.17) is 9.47 Å². The lowest BCUT2D eigenvalue weighted by Crippen LogP contribution is -2.44. The summed E-state index contributed by atoms with van der Waals surface area (Å²) in [7, 11) is 1.67. The number of amides is 1. The average Bonchev–Trinajstić information content (AvgIpc) is 3.18. The molecule has 30 heavy (non-hydrogen) atoms. The van der Waals surface area contributed by atoms with E-state index in [2.05, 4.69) is 41.9 Å². The van der Waals surface area contributed by atoms with Crippen molar-refractivity contribution in [2.75, 3.05) is 26.9 Å². The van der Waals surface area contributed by atoms with Crippen LogP contribution in [0.25, 0.3) is 10.9 Å². The van der Waals surface area contributed by atoms with Gasteiger partial charge >= 0.3 is 0 Å². The van der Waals surface area contributed by atoms with Gasteiger partial charge in [0.15, 0.2) is 0 Å². The van der Waals surface area contributed by atoms with Crippen LogP contribution in [0.15, 0.2) is 54.7 Å². The van der Waals surface area contributed by atoms with Gasteiger partial charge in [-0.2, -0.15) is 0 Å². The van der Waals surface area contributed by atoms with Crippen molar-refractivity contribution in [3.63, 3.8) is 0 Å². The quantitative estimate of drug-likeness (QED) is 0.645. The van der Waals surface area contributed by atoms with Gasteiger partial charge in [-0.05, 0) is 50.5 Å². The molecule has 0 radical (unpaired) electrons. The van der Waals surface area contributed by atoms with Crippen molar-refractivity contribution in [3.05, 3.63) is 65.9 Å². The van der Waals surface area contributed by atoms with E-state index in [0.717, 1.165) is 35.1 Å². The summed E-state index contributed by atoms with van der Waals surface area (Å²) in [6.07, 6.45) is 3.75. The molecule has 0 spiro atoms. The monoisotopic (exact) mass is 406 g/mol. The number of carbonyl (C=O) groups excluding carboxylic acids is 1. The molecule has 0 atom stereocenters. The molecule has 0 aliphatic carbocycles. The van der Waals surface area contributed by atoms with Crippen LogP contribution in [0.2, 0.25) is 0 Å². The van der Waals surface area contributed by atoms with Gasteiger partial charge in [-0.3, -0.25) is 4.79 Å². The average molecular weight is 407 g/mol. The highest BCUT2D eigenvalue weighted by Crippen LogP contribution is 2.35. The topological polar surface area (TPSA) is 52.5 Å². The Bertz CT molecular complexity index is 1010. The van der Waals surface area contributed by atoms with Crippen LogP contribution < -0.4 is 10.1 Å². The Balaban J connectivity index is 1.60. The highest BCUT2D eigenvalue weighted by Gasteiger charge is 2.35. The van der Waals surface area contributed by atoms with Gasteiger partial charge in [-0.25, -0.2) is 0 Å². The summed E-state index contributed by atoms with van der Waals surface area (Å²) in [5, 5.41) is 4.24. The molecule has 3 aromatic rings. The molecule has 1 aromatic heterocycles. The van der Waals surface area contributed by atoms with E-state index in [1.165, 1.54) is 5.56 Å². The first kappa shape index (κ1) is 20.5. The minimum absolute atomic E-state index is 0.0232. The van der Waals surface area contributed by atoms with Gasteiger partial charge in [0.2, 0.25) is 0 Å². The fourth-order valence-electron chi connectivity index (χ4n) is 4.43. The molecule has 1 amide bonds. The summed E-state index contributed by atoms with van der Waals surface area (Å²) in [4.78, 5) is 13.2. The number of fused-ring (bicyclic) bond motifs is 1. The summed E-state index contributed by atoms with van der Waals surface area (Å²) in [5.41, 5.74) is 2.91. The molecule has 1 N–H and O–H groups in total. The van der Waals surface area contributed by atoms with E-state index in [1.807, 2.05) is 36.5 Å². The zero-order valence-corrected chi connectivity index (χ0v) is 18.0. The van der Waals surface area contributed by atoms with Crippen LogP contribution in [0.5, 0.6) is 5.75 Å². The molecule has 5 heteroatoms. The molecule has 2 aromatic carbocycles. The fraction of sp³-hybridized carbons (Fsp3) is 0.400. The van der Waals surface area contributed by atoms with Crippen molar-refractivity contribution >= 4 is 16.8 Å². The lowest BCUT2D eigenvalue weighted by Gasteiger charge is -2.38. The first-order valence-electron chi connectivity index (χ1n) is 10.6. The second-order valence-corrected chi connectivity index (χ2v) is 8.36. The second-order valence-electron chi connectivity index (χ2n) is 8.36. The number of nitrogens with one attached hydrogen (secondary N) is 1. The zero-order chi connectivity index (χ0) is 21.1. The van der Waals surface area contributed by atoms with Crippen molar-refractivity contribution < 1.29 is 14.3 Å². The Morgan fingerprint density at radius 3 is 2.50 bits per heavy atom. The number of rotatable bonds is 6. The number of hydrogen-bond donors (Lipinski definition) is 1. The first-order valence-corrected chi connectivity index (χ1v) is 10.6. The minimum Gasteiger partial charge on any atom is -0.497 e.